The van der Waals surface area contributed by atoms with Crippen LogP contribution in [-0.4, -0.2) is 31.3 Å². The topological polar surface area (TPSA) is 61.5 Å². The Balaban J connectivity index is 3.91. The lowest BCUT2D eigenvalue weighted by Crippen LogP contribution is -2.29. The molecule has 0 fully saturated rings. The van der Waals surface area contributed by atoms with Crippen LogP contribution >= 0.6 is 0 Å². The van der Waals surface area contributed by atoms with Gasteiger partial charge in [0.2, 0.25) is 0 Å². The van der Waals surface area contributed by atoms with Crippen LogP contribution in [0.4, 0.5) is 0 Å². The summed E-state index contributed by atoms with van der Waals surface area (Å²) in [5, 5.41) is 0. The summed E-state index contributed by atoms with van der Waals surface area (Å²) in [7, 11) is 0. The van der Waals surface area contributed by atoms with Gasteiger partial charge in [-0.25, -0.2) is 0 Å². The van der Waals surface area contributed by atoms with E-state index in [1.165, 1.54) is 0 Å². The van der Waals surface area contributed by atoms with Crippen LogP contribution < -0.4 is 5.73 Å². The van der Waals surface area contributed by atoms with Crippen molar-refractivity contribution in [3.8, 4) is 0 Å². The van der Waals surface area contributed by atoms with Crippen molar-refractivity contribution in [2.45, 2.75) is 39.7 Å². The summed E-state index contributed by atoms with van der Waals surface area (Å²) in [5.41, 5.74) is 5.11. The van der Waals surface area contributed by atoms with Gasteiger partial charge in [0.05, 0.1) is 13.0 Å². The predicted octanol–water partition coefficient (Wildman–Crippen LogP) is 1.33. The molecular formula is C11H23NO3. The SMILES string of the molecule is CCOC[C@@H](CN)CC(=O)OC(C)(C)C. The first-order chi connectivity index (χ1) is 6.89. The van der Waals surface area contributed by atoms with E-state index >= 15 is 0 Å². The van der Waals surface area contributed by atoms with Crippen LogP contribution in [0.2, 0.25) is 0 Å². The molecule has 0 saturated carbocycles. The molecule has 0 heterocycles. The Bertz CT molecular complexity index is 187. The first-order valence-corrected chi connectivity index (χ1v) is 5.38. The van der Waals surface area contributed by atoms with Gasteiger partial charge >= 0.3 is 5.97 Å². The highest BCUT2D eigenvalue weighted by molar-refractivity contribution is 5.70. The zero-order valence-corrected chi connectivity index (χ0v) is 10.2. The first kappa shape index (κ1) is 14.4. The Labute approximate surface area is 92.1 Å². The van der Waals surface area contributed by atoms with Crippen LogP contribution in [0.25, 0.3) is 0 Å². The Morgan fingerprint density at radius 3 is 2.40 bits per heavy atom. The number of rotatable bonds is 6. The van der Waals surface area contributed by atoms with E-state index in [1.807, 2.05) is 27.7 Å². The third-order valence-electron chi connectivity index (χ3n) is 1.77. The molecule has 0 saturated heterocycles. The van der Waals surface area contributed by atoms with Crippen LogP contribution in [0.15, 0.2) is 0 Å². The molecule has 0 aromatic carbocycles. The normalized spacial score (nSPS) is 13.7. The van der Waals surface area contributed by atoms with E-state index in [9.17, 15) is 4.79 Å². The largest absolute Gasteiger partial charge is 0.460 e. The van der Waals surface area contributed by atoms with E-state index in [-0.39, 0.29) is 11.9 Å². The molecule has 0 unspecified atom stereocenters. The number of esters is 1. The van der Waals surface area contributed by atoms with Gasteiger partial charge in [0.15, 0.2) is 0 Å². The third-order valence-corrected chi connectivity index (χ3v) is 1.77. The average Bonchev–Trinajstić information content (AvgIpc) is 2.09. The summed E-state index contributed by atoms with van der Waals surface area (Å²) < 4.78 is 10.4. The van der Waals surface area contributed by atoms with E-state index in [0.717, 1.165) is 0 Å². The van der Waals surface area contributed by atoms with Gasteiger partial charge in [-0.2, -0.15) is 0 Å². The lowest BCUT2D eigenvalue weighted by atomic mass is 10.1. The van der Waals surface area contributed by atoms with E-state index in [0.29, 0.717) is 26.2 Å². The number of nitrogens with two attached hydrogens (primary N) is 1. The summed E-state index contributed by atoms with van der Waals surface area (Å²) in [6.45, 7) is 9.08. The van der Waals surface area contributed by atoms with Gasteiger partial charge in [0.1, 0.15) is 5.60 Å². The van der Waals surface area contributed by atoms with E-state index in [1.54, 1.807) is 0 Å². The minimum Gasteiger partial charge on any atom is -0.460 e. The van der Waals surface area contributed by atoms with Crippen molar-refractivity contribution in [2.24, 2.45) is 11.7 Å². The number of carbonyl (C=O) groups excluding carboxylic acids is 1. The zero-order chi connectivity index (χ0) is 11.9. The summed E-state index contributed by atoms with van der Waals surface area (Å²) in [5.74, 6) is -0.155. The molecule has 0 aliphatic carbocycles. The number of ether oxygens (including phenoxy) is 2. The zero-order valence-electron chi connectivity index (χ0n) is 10.2. The van der Waals surface area contributed by atoms with E-state index in [4.69, 9.17) is 15.2 Å². The fourth-order valence-electron chi connectivity index (χ4n) is 1.11. The molecule has 90 valence electrons. The number of carbonyl (C=O) groups is 1. The second kappa shape index (κ2) is 6.80. The van der Waals surface area contributed by atoms with Gasteiger partial charge in [-0.05, 0) is 34.2 Å². The highest BCUT2D eigenvalue weighted by atomic mass is 16.6. The minimum atomic E-state index is -0.429. The van der Waals surface area contributed by atoms with Gasteiger partial charge < -0.3 is 15.2 Å². The maximum atomic E-state index is 11.5. The van der Waals surface area contributed by atoms with Crippen LogP contribution in [0.3, 0.4) is 0 Å². The van der Waals surface area contributed by atoms with Crippen LogP contribution in [-0.2, 0) is 14.3 Å². The molecule has 0 aromatic heterocycles. The molecule has 1 atom stereocenters. The summed E-state index contributed by atoms with van der Waals surface area (Å²) in [4.78, 5) is 11.5. The maximum absolute atomic E-state index is 11.5. The number of hydrogen-bond acceptors (Lipinski definition) is 4. The van der Waals surface area contributed by atoms with Gasteiger partial charge in [-0.3, -0.25) is 4.79 Å². The molecule has 0 amide bonds. The average molecular weight is 217 g/mol. The van der Waals surface area contributed by atoms with Gasteiger partial charge in [-0.15, -0.1) is 0 Å². The van der Waals surface area contributed by atoms with Crippen molar-refractivity contribution in [2.75, 3.05) is 19.8 Å². The summed E-state index contributed by atoms with van der Waals surface area (Å²) in [6, 6.07) is 0. The lowest BCUT2D eigenvalue weighted by Gasteiger charge is -2.21. The van der Waals surface area contributed by atoms with Crippen LogP contribution in [0.1, 0.15) is 34.1 Å². The quantitative estimate of drug-likeness (QED) is 0.682. The highest BCUT2D eigenvalue weighted by Crippen LogP contribution is 2.11. The summed E-state index contributed by atoms with van der Waals surface area (Å²) in [6.07, 6.45) is 0.327. The van der Waals surface area contributed by atoms with Crippen LogP contribution in [0, 0.1) is 5.92 Å². The molecule has 0 radical (unpaired) electrons. The van der Waals surface area contributed by atoms with Crippen molar-refractivity contribution in [3.63, 3.8) is 0 Å². The Hall–Kier alpha value is -0.610. The molecule has 4 nitrogen and oxygen atoms in total. The predicted molar refractivity (Wildman–Crippen MR) is 59.5 cm³/mol. The fourth-order valence-corrected chi connectivity index (χ4v) is 1.11. The van der Waals surface area contributed by atoms with E-state index < -0.39 is 5.60 Å². The van der Waals surface area contributed by atoms with E-state index in [2.05, 4.69) is 0 Å². The second-order valence-corrected chi connectivity index (χ2v) is 4.55. The van der Waals surface area contributed by atoms with Gasteiger partial charge in [-0.1, -0.05) is 0 Å². The first-order valence-electron chi connectivity index (χ1n) is 5.38. The Morgan fingerprint density at radius 1 is 1.40 bits per heavy atom. The highest BCUT2D eigenvalue weighted by Gasteiger charge is 2.19. The van der Waals surface area contributed by atoms with Crippen LogP contribution in [0.5, 0.6) is 0 Å². The molecule has 0 rings (SSSR count). The molecule has 2 N–H and O–H groups in total. The van der Waals surface area contributed by atoms with Gasteiger partial charge in [0.25, 0.3) is 0 Å². The molecule has 0 aromatic rings. The monoisotopic (exact) mass is 217 g/mol. The standard InChI is InChI=1S/C11H23NO3/c1-5-14-8-9(7-12)6-10(13)15-11(2,3)4/h9H,5-8,12H2,1-4H3/t9-/m1/s1. The van der Waals surface area contributed by atoms with Crippen molar-refractivity contribution < 1.29 is 14.3 Å². The number of hydrogen-bond donors (Lipinski definition) is 1. The third kappa shape index (κ3) is 8.39. The molecule has 0 aliphatic rings. The summed E-state index contributed by atoms with van der Waals surface area (Å²) >= 11 is 0. The lowest BCUT2D eigenvalue weighted by molar-refractivity contribution is -0.156. The Morgan fingerprint density at radius 2 is 2.00 bits per heavy atom. The van der Waals surface area contributed by atoms with Crippen molar-refractivity contribution >= 4 is 5.97 Å². The Kier molecular flexibility index (Phi) is 6.52. The van der Waals surface area contributed by atoms with Crippen molar-refractivity contribution in [3.05, 3.63) is 0 Å². The molecule has 0 bridgehead atoms. The maximum Gasteiger partial charge on any atom is 0.306 e. The molecule has 15 heavy (non-hydrogen) atoms. The fraction of sp³-hybridized carbons (Fsp3) is 0.909. The van der Waals surface area contributed by atoms with Crippen molar-refractivity contribution in [1.82, 2.24) is 0 Å². The molecule has 0 spiro atoms. The smallest absolute Gasteiger partial charge is 0.306 e. The molecule has 0 aliphatic heterocycles. The minimum absolute atomic E-state index is 0.0554. The van der Waals surface area contributed by atoms with Gasteiger partial charge in [0, 0.05) is 12.5 Å². The molecular weight excluding hydrogens is 194 g/mol. The van der Waals surface area contributed by atoms with Crippen molar-refractivity contribution in [1.29, 1.82) is 0 Å². The molecule has 4 heteroatoms. The second-order valence-electron chi connectivity index (χ2n) is 4.55.